The zero-order valence-electron chi connectivity index (χ0n) is 14.8. The van der Waals surface area contributed by atoms with Gasteiger partial charge in [-0.1, -0.05) is 58.1 Å². The average molecular weight is 448 g/mol. The van der Waals surface area contributed by atoms with Crippen LogP contribution in [0.1, 0.15) is 5.56 Å². The molecule has 0 saturated carbocycles. The zero-order valence-corrected chi connectivity index (χ0v) is 17.0. The van der Waals surface area contributed by atoms with Crippen molar-refractivity contribution in [2.24, 2.45) is 0 Å². The lowest BCUT2D eigenvalue weighted by molar-refractivity contribution is 0.462. The molecule has 0 spiro atoms. The standard InChI is InChI=1S/C19H13Cl3N6O/c20-14-6-2-8-16(17(14)22)28-19(25-26-27-28)24-11-12-4-1-5-13(10-12)29-18-15(21)7-3-9-23-18/h1-10H,11H2,(H,24,25,27). The van der Waals surface area contributed by atoms with Gasteiger partial charge in [-0.15, -0.1) is 0 Å². The van der Waals surface area contributed by atoms with E-state index < -0.39 is 0 Å². The molecule has 0 unspecified atom stereocenters. The molecule has 4 aromatic rings. The van der Waals surface area contributed by atoms with Crippen molar-refractivity contribution in [3.8, 4) is 17.3 Å². The molecule has 4 rings (SSSR count). The molecule has 0 aliphatic carbocycles. The molecule has 2 aromatic heterocycles. The molecule has 0 fully saturated rings. The van der Waals surface area contributed by atoms with Crippen LogP contribution in [0, 0.1) is 0 Å². The van der Waals surface area contributed by atoms with Crippen LogP contribution in [0.4, 0.5) is 5.95 Å². The van der Waals surface area contributed by atoms with Gasteiger partial charge in [0.2, 0.25) is 11.8 Å². The lowest BCUT2D eigenvalue weighted by atomic mass is 10.2. The van der Waals surface area contributed by atoms with Crippen LogP contribution in [0.25, 0.3) is 5.69 Å². The van der Waals surface area contributed by atoms with E-state index in [9.17, 15) is 0 Å². The molecule has 0 atom stereocenters. The highest BCUT2D eigenvalue weighted by Gasteiger charge is 2.13. The Labute approximate surface area is 181 Å². The number of hydrogen-bond donors (Lipinski definition) is 1. The van der Waals surface area contributed by atoms with Crippen LogP contribution in [0.5, 0.6) is 11.6 Å². The summed E-state index contributed by atoms with van der Waals surface area (Å²) in [4.78, 5) is 4.13. The minimum atomic E-state index is 0.346. The number of benzene rings is 2. The van der Waals surface area contributed by atoms with Gasteiger partial charge in [0.25, 0.3) is 0 Å². The molecular weight excluding hydrogens is 435 g/mol. The van der Waals surface area contributed by atoms with Gasteiger partial charge in [0.1, 0.15) is 10.8 Å². The van der Waals surface area contributed by atoms with E-state index in [2.05, 4.69) is 25.8 Å². The number of rotatable bonds is 6. The smallest absolute Gasteiger partial charge is 0.248 e. The minimum Gasteiger partial charge on any atom is -0.438 e. The fourth-order valence-corrected chi connectivity index (χ4v) is 3.11. The number of halogens is 3. The van der Waals surface area contributed by atoms with E-state index >= 15 is 0 Å². The summed E-state index contributed by atoms with van der Waals surface area (Å²) in [7, 11) is 0. The summed E-state index contributed by atoms with van der Waals surface area (Å²) < 4.78 is 7.25. The third kappa shape index (κ3) is 4.42. The third-order valence-electron chi connectivity index (χ3n) is 3.92. The number of nitrogens with one attached hydrogen (secondary N) is 1. The van der Waals surface area contributed by atoms with E-state index in [-0.39, 0.29) is 0 Å². The largest absolute Gasteiger partial charge is 0.438 e. The molecule has 0 aliphatic heterocycles. The Hall–Kier alpha value is -2.87. The quantitative estimate of drug-likeness (QED) is 0.425. The Balaban J connectivity index is 1.50. The highest BCUT2D eigenvalue weighted by Crippen LogP contribution is 2.30. The molecule has 0 bridgehead atoms. The number of pyridine rings is 1. The van der Waals surface area contributed by atoms with E-state index in [0.29, 0.717) is 44.9 Å². The van der Waals surface area contributed by atoms with Gasteiger partial charge in [0.05, 0.1) is 15.7 Å². The molecule has 29 heavy (non-hydrogen) atoms. The first kappa shape index (κ1) is 19.4. The molecule has 2 heterocycles. The van der Waals surface area contributed by atoms with Crippen molar-refractivity contribution >= 4 is 40.8 Å². The van der Waals surface area contributed by atoms with E-state index in [0.717, 1.165) is 5.56 Å². The van der Waals surface area contributed by atoms with Crippen molar-refractivity contribution in [3.05, 3.63) is 81.4 Å². The van der Waals surface area contributed by atoms with Crippen molar-refractivity contribution < 1.29 is 4.74 Å². The Morgan fingerprint density at radius 3 is 2.66 bits per heavy atom. The number of hydrogen-bond acceptors (Lipinski definition) is 6. The van der Waals surface area contributed by atoms with E-state index in [1.807, 2.05) is 24.3 Å². The van der Waals surface area contributed by atoms with E-state index in [1.54, 1.807) is 36.5 Å². The third-order valence-corrected chi connectivity index (χ3v) is 5.01. The number of tetrazole rings is 1. The van der Waals surface area contributed by atoms with Gasteiger partial charge < -0.3 is 10.1 Å². The fourth-order valence-electron chi connectivity index (χ4n) is 2.57. The van der Waals surface area contributed by atoms with Crippen LogP contribution in [-0.4, -0.2) is 25.2 Å². The van der Waals surface area contributed by atoms with Crippen LogP contribution < -0.4 is 10.1 Å². The molecule has 0 radical (unpaired) electrons. The van der Waals surface area contributed by atoms with E-state index in [1.165, 1.54) is 4.68 Å². The molecule has 0 aliphatic rings. The number of aromatic nitrogens is 5. The first-order valence-electron chi connectivity index (χ1n) is 8.46. The molecular formula is C19H13Cl3N6O. The zero-order chi connectivity index (χ0) is 20.2. The van der Waals surface area contributed by atoms with Gasteiger partial charge in [-0.3, -0.25) is 0 Å². The molecule has 146 valence electrons. The minimum absolute atomic E-state index is 0.346. The van der Waals surface area contributed by atoms with Crippen LogP contribution in [0.3, 0.4) is 0 Å². The number of ether oxygens (including phenoxy) is 1. The maximum absolute atomic E-state index is 6.28. The molecule has 2 aromatic carbocycles. The summed E-state index contributed by atoms with van der Waals surface area (Å²) in [6.45, 7) is 0.450. The summed E-state index contributed by atoms with van der Waals surface area (Å²) in [6.07, 6.45) is 1.62. The lowest BCUT2D eigenvalue weighted by Gasteiger charge is -2.10. The second kappa shape index (κ2) is 8.65. The van der Waals surface area contributed by atoms with Gasteiger partial charge in [0.15, 0.2) is 0 Å². The van der Waals surface area contributed by atoms with Crippen molar-refractivity contribution in [3.63, 3.8) is 0 Å². The Morgan fingerprint density at radius 1 is 0.966 bits per heavy atom. The SMILES string of the molecule is Clc1cccnc1Oc1cccc(CNc2nnnn2-c2cccc(Cl)c2Cl)c1. The van der Waals surface area contributed by atoms with Crippen LogP contribution >= 0.6 is 34.8 Å². The maximum Gasteiger partial charge on any atom is 0.248 e. The highest BCUT2D eigenvalue weighted by atomic mass is 35.5. The highest BCUT2D eigenvalue weighted by molar-refractivity contribution is 6.43. The van der Waals surface area contributed by atoms with E-state index in [4.69, 9.17) is 39.5 Å². The summed E-state index contributed by atoms with van der Waals surface area (Å²) in [5.41, 5.74) is 1.52. The van der Waals surface area contributed by atoms with Crippen molar-refractivity contribution in [2.75, 3.05) is 5.32 Å². The predicted octanol–water partition coefficient (Wildman–Crippen LogP) is 5.42. The van der Waals surface area contributed by atoms with Crippen LogP contribution in [0.2, 0.25) is 15.1 Å². The molecule has 10 heteroatoms. The van der Waals surface area contributed by atoms with Gasteiger partial charge in [-0.05, 0) is 52.4 Å². The first-order valence-corrected chi connectivity index (χ1v) is 9.59. The number of anilines is 1. The van der Waals surface area contributed by atoms with Gasteiger partial charge in [0, 0.05) is 12.7 Å². The van der Waals surface area contributed by atoms with Gasteiger partial charge in [-0.2, -0.15) is 4.68 Å². The molecule has 0 saturated heterocycles. The summed E-state index contributed by atoms with van der Waals surface area (Å²) in [6, 6.07) is 16.2. The molecule has 1 N–H and O–H groups in total. The Bertz CT molecular complexity index is 1150. The normalized spacial score (nSPS) is 10.7. The van der Waals surface area contributed by atoms with Crippen molar-refractivity contribution in [1.29, 1.82) is 0 Å². The van der Waals surface area contributed by atoms with Crippen molar-refractivity contribution in [1.82, 2.24) is 25.2 Å². The summed E-state index contributed by atoms with van der Waals surface area (Å²) in [5, 5.41) is 16.1. The Kier molecular flexibility index (Phi) is 5.80. The maximum atomic E-state index is 6.28. The van der Waals surface area contributed by atoms with Gasteiger partial charge in [-0.25, -0.2) is 4.98 Å². The summed E-state index contributed by atoms with van der Waals surface area (Å²) >= 11 is 18.5. The second-order valence-corrected chi connectivity index (χ2v) is 7.07. The second-order valence-electron chi connectivity index (χ2n) is 5.88. The van der Waals surface area contributed by atoms with Crippen molar-refractivity contribution in [2.45, 2.75) is 6.54 Å². The Morgan fingerprint density at radius 2 is 1.79 bits per heavy atom. The monoisotopic (exact) mass is 446 g/mol. The first-order chi connectivity index (χ1) is 14.1. The van der Waals surface area contributed by atoms with Gasteiger partial charge >= 0.3 is 0 Å². The van der Waals surface area contributed by atoms with Crippen LogP contribution in [-0.2, 0) is 6.54 Å². The topological polar surface area (TPSA) is 77.8 Å². The average Bonchev–Trinajstić information content (AvgIpc) is 3.19. The molecule has 7 nitrogen and oxygen atoms in total. The summed E-state index contributed by atoms with van der Waals surface area (Å²) in [5.74, 6) is 1.38. The lowest BCUT2D eigenvalue weighted by Crippen LogP contribution is -2.08. The molecule has 0 amide bonds. The number of nitrogens with zero attached hydrogens (tertiary/aromatic N) is 5. The van der Waals surface area contributed by atoms with Crippen LogP contribution in [0.15, 0.2) is 60.8 Å². The predicted molar refractivity (Wildman–Crippen MR) is 112 cm³/mol. The fraction of sp³-hybridized carbons (Fsp3) is 0.0526.